The van der Waals surface area contributed by atoms with E-state index in [-0.39, 0.29) is 31.1 Å². The molecule has 67 heavy (non-hydrogen) atoms. The van der Waals surface area contributed by atoms with Gasteiger partial charge >= 0.3 is 17.9 Å². The maximum atomic E-state index is 12.9. The summed E-state index contributed by atoms with van der Waals surface area (Å²) < 4.78 is 16.9. The Balaban J connectivity index is 4.34. The van der Waals surface area contributed by atoms with E-state index >= 15 is 0 Å². The standard InChI is InChI=1S/C61H112O6/c1-4-7-10-13-16-19-22-25-28-30-31-32-34-36-39-42-45-48-51-54-60(63)66-57-58(56-65-59(62)53-50-47-44-41-38-35-27-24-21-18-15-12-9-6-3)67-61(64)55-52-49-46-43-40-37-33-29-26-23-20-17-14-11-8-5-2/h16,19,24-25,27-28,58H,4-15,17-18,20-23,26,29-57H2,1-3H3/b19-16+,27-24+,28-25+/t58-/m1/s1. The van der Waals surface area contributed by atoms with Gasteiger partial charge in [0.05, 0.1) is 0 Å². The number of hydrogen-bond acceptors (Lipinski definition) is 6. The smallest absolute Gasteiger partial charge is 0.306 e. The van der Waals surface area contributed by atoms with Crippen LogP contribution in [-0.4, -0.2) is 37.2 Å². The molecule has 392 valence electrons. The highest BCUT2D eigenvalue weighted by molar-refractivity contribution is 5.71. The van der Waals surface area contributed by atoms with Gasteiger partial charge in [0.2, 0.25) is 0 Å². The van der Waals surface area contributed by atoms with Crippen molar-refractivity contribution in [3.63, 3.8) is 0 Å². The van der Waals surface area contributed by atoms with Crippen molar-refractivity contribution in [1.29, 1.82) is 0 Å². The van der Waals surface area contributed by atoms with Crippen LogP contribution in [0.15, 0.2) is 36.5 Å². The maximum Gasteiger partial charge on any atom is 0.306 e. The average molecular weight is 942 g/mol. The first-order valence-electron chi connectivity index (χ1n) is 29.5. The lowest BCUT2D eigenvalue weighted by molar-refractivity contribution is -0.167. The van der Waals surface area contributed by atoms with Gasteiger partial charge in [-0.25, -0.2) is 0 Å². The number of carbonyl (C=O) groups is 3. The lowest BCUT2D eigenvalue weighted by Crippen LogP contribution is -2.30. The van der Waals surface area contributed by atoms with Crippen molar-refractivity contribution >= 4 is 17.9 Å². The fourth-order valence-corrected chi connectivity index (χ4v) is 8.65. The summed E-state index contributed by atoms with van der Waals surface area (Å²) in [7, 11) is 0. The molecule has 0 aromatic rings. The van der Waals surface area contributed by atoms with E-state index in [0.717, 1.165) is 70.6 Å². The number of hydrogen-bond donors (Lipinski definition) is 0. The molecule has 0 unspecified atom stereocenters. The zero-order valence-electron chi connectivity index (χ0n) is 44.9. The summed E-state index contributed by atoms with van der Waals surface area (Å²) in [6.07, 6.45) is 67.0. The van der Waals surface area contributed by atoms with E-state index < -0.39 is 6.10 Å². The Morgan fingerprint density at radius 2 is 0.537 bits per heavy atom. The fraction of sp³-hybridized carbons (Fsp3) is 0.852. The van der Waals surface area contributed by atoms with Crippen molar-refractivity contribution < 1.29 is 28.6 Å². The number of allylic oxidation sites excluding steroid dienone is 6. The van der Waals surface area contributed by atoms with Crippen LogP contribution in [0.4, 0.5) is 0 Å². The minimum atomic E-state index is -0.774. The predicted octanol–water partition coefficient (Wildman–Crippen LogP) is 19.7. The number of carbonyl (C=O) groups excluding carboxylic acids is 3. The molecule has 0 saturated carbocycles. The number of ether oxygens (including phenoxy) is 3. The molecule has 1 atom stereocenters. The van der Waals surface area contributed by atoms with Gasteiger partial charge in [0, 0.05) is 19.3 Å². The first-order valence-corrected chi connectivity index (χ1v) is 29.5. The van der Waals surface area contributed by atoms with E-state index in [0.29, 0.717) is 19.3 Å². The summed E-state index contributed by atoms with van der Waals surface area (Å²) in [4.78, 5) is 38.2. The van der Waals surface area contributed by atoms with Crippen LogP contribution in [-0.2, 0) is 28.6 Å². The highest BCUT2D eigenvalue weighted by Gasteiger charge is 2.19. The molecular formula is C61H112O6. The number of unbranched alkanes of at least 4 members (excludes halogenated alkanes) is 37. The predicted molar refractivity (Wildman–Crippen MR) is 289 cm³/mol. The summed E-state index contributed by atoms with van der Waals surface area (Å²) in [5, 5.41) is 0. The second-order valence-electron chi connectivity index (χ2n) is 19.9. The van der Waals surface area contributed by atoms with Crippen LogP contribution < -0.4 is 0 Å². The van der Waals surface area contributed by atoms with E-state index in [1.54, 1.807) is 0 Å². The van der Waals surface area contributed by atoms with Crippen molar-refractivity contribution in [3.05, 3.63) is 36.5 Å². The second-order valence-corrected chi connectivity index (χ2v) is 19.9. The molecule has 0 saturated heterocycles. The van der Waals surface area contributed by atoms with Crippen LogP contribution in [0, 0.1) is 0 Å². The minimum absolute atomic E-state index is 0.0733. The monoisotopic (exact) mass is 941 g/mol. The van der Waals surface area contributed by atoms with Crippen molar-refractivity contribution in [1.82, 2.24) is 0 Å². The summed E-state index contributed by atoms with van der Waals surface area (Å²) in [5.74, 6) is -0.867. The van der Waals surface area contributed by atoms with Gasteiger partial charge in [-0.1, -0.05) is 256 Å². The van der Waals surface area contributed by atoms with E-state index in [1.807, 2.05) is 0 Å². The zero-order valence-corrected chi connectivity index (χ0v) is 44.9. The molecule has 0 spiro atoms. The van der Waals surface area contributed by atoms with Crippen molar-refractivity contribution in [2.45, 2.75) is 322 Å². The Morgan fingerprint density at radius 1 is 0.299 bits per heavy atom. The molecular weight excluding hydrogens is 829 g/mol. The molecule has 0 radical (unpaired) electrons. The van der Waals surface area contributed by atoms with Crippen LogP contribution in [0.1, 0.15) is 316 Å². The van der Waals surface area contributed by atoms with Gasteiger partial charge in [-0.3, -0.25) is 14.4 Å². The first kappa shape index (κ1) is 64.6. The van der Waals surface area contributed by atoms with E-state index in [1.165, 1.54) is 205 Å². The third-order valence-corrected chi connectivity index (χ3v) is 13.1. The highest BCUT2D eigenvalue weighted by atomic mass is 16.6. The lowest BCUT2D eigenvalue weighted by atomic mass is 10.0. The third kappa shape index (κ3) is 54.4. The molecule has 0 rings (SSSR count). The molecule has 0 fully saturated rings. The molecule has 0 aliphatic heterocycles. The van der Waals surface area contributed by atoms with Crippen molar-refractivity contribution in [3.8, 4) is 0 Å². The van der Waals surface area contributed by atoms with Gasteiger partial charge in [-0.05, 0) is 77.0 Å². The summed E-state index contributed by atoms with van der Waals surface area (Å²) >= 11 is 0. The van der Waals surface area contributed by atoms with Crippen LogP contribution in [0.3, 0.4) is 0 Å². The Hall–Kier alpha value is -2.37. The Morgan fingerprint density at radius 3 is 0.866 bits per heavy atom. The Kier molecular flexibility index (Phi) is 54.2. The van der Waals surface area contributed by atoms with Crippen LogP contribution in [0.25, 0.3) is 0 Å². The van der Waals surface area contributed by atoms with E-state index in [2.05, 4.69) is 57.2 Å². The van der Waals surface area contributed by atoms with Crippen molar-refractivity contribution in [2.75, 3.05) is 13.2 Å². The van der Waals surface area contributed by atoms with Crippen LogP contribution >= 0.6 is 0 Å². The molecule has 6 nitrogen and oxygen atoms in total. The van der Waals surface area contributed by atoms with Gasteiger partial charge < -0.3 is 14.2 Å². The molecule has 0 bridgehead atoms. The third-order valence-electron chi connectivity index (χ3n) is 13.1. The Bertz CT molecular complexity index is 1130. The second kappa shape index (κ2) is 56.2. The number of rotatable bonds is 54. The lowest BCUT2D eigenvalue weighted by Gasteiger charge is -2.18. The summed E-state index contributed by atoms with van der Waals surface area (Å²) in [5.41, 5.74) is 0. The normalized spacial score (nSPS) is 12.2. The first-order chi connectivity index (χ1) is 33.0. The zero-order chi connectivity index (χ0) is 48.6. The highest BCUT2D eigenvalue weighted by Crippen LogP contribution is 2.16. The van der Waals surface area contributed by atoms with Crippen LogP contribution in [0.2, 0.25) is 0 Å². The van der Waals surface area contributed by atoms with Gasteiger partial charge in [-0.15, -0.1) is 0 Å². The van der Waals surface area contributed by atoms with Gasteiger partial charge in [0.1, 0.15) is 13.2 Å². The van der Waals surface area contributed by atoms with Gasteiger partial charge in [0.15, 0.2) is 6.10 Å². The molecule has 0 heterocycles. The SMILES string of the molecule is CCCCC/C=C/C/C=C/CCCCCCCCCCCC(=O)OC[C@@H](COC(=O)CCCCCCC/C=C/CCCCCCC)OC(=O)CCCCCCCCCCCCCCCCCC. The molecule has 0 aliphatic rings. The number of esters is 3. The fourth-order valence-electron chi connectivity index (χ4n) is 8.65. The Labute approximate surface area is 416 Å². The van der Waals surface area contributed by atoms with Crippen LogP contribution in [0.5, 0.6) is 0 Å². The quantitative estimate of drug-likeness (QED) is 0.0262. The van der Waals surface area contributed by atoms with E-state index in [4.69, 9.17) is 14.2 Å². The molecule has 0 aliphatic carbocycles. The minimum Gasteiger partial charge on any atom is -0.462 e. The molecule has 0 N–H and O–H groups in total. The molecule has 0 aromatic heterocycles. The van der Waals surface area contributed by atoms with Gasteiger partial charge in [-0.2, -0.15) is 0 Å². The van der Waals surface area contributed by atoms with Gasteiger partial charge in [0.25, 0.3) is 0 Å². The van der Waals surface area contributed by atoms with Crippen molar-refractivity contribution in [2.24, 2.45) is 0 Å². The molecule has 0 amide bonds. The largest absolute Gasteiger partial charge is 0.462 e. The summed E-state index contributed by atoms with van der Waals surface area (Å²) in [6.45, 7) is 6.64. The average Bonchev–Trinajstić information content (AvgIpc) is 3.33. The topological polar surface area (TPSA) is 78.9 Å². The molecule has 6 heteroatoms. The molecule has 0 aromatic carbocycles. The summed E-state index contributed by atoms with van der Waals surface area (Å²) in [6, 6.07) is 0. The maximum absolute atomic E-state index is 12.9. The van der Waals surface area contributed by atoms with E-state index in [9.17, 15) is 14.4 Å².